The van der Waals surface area contributed by atoms with Crippen molar-refractivity contribution in [2.24, 2.45) is 11.5 Å². The Morgan fingerprint density at radius 1 is 0.833 bits per heavy atom. The fourth-order valence-electron chi connectivity index (χ4n) is 3.10. The molecule has 0 aliphatic carbocycles. The zero-order valence-electron chi connectivity index (χ0n) is 24.6. The number of fused-ring (bicyclic) bond motifs is 1. The molecule has 0 saturated carbocycles. The average Bonchev–Trinajstić information content (AvgIpc) is 2.94. The van der Waals surface area contributed by atoms with Crippen LogP contribution in [0, 0.1) is 13.8 Å². The molecule has 36 heavy (non-hydrogen) atoms. The van der Waals surface area contributed by atoms with E-state index in [0.717, 1.165) is 11.6 Å². The lowest BCUT2D eigenvalue weighted by molar-refractivity contribution is 0.338. The smallest absolute Gasteiger partial charge is 0.0824 e. The predicted octanol–water partition coefficient (Wildman–Crippen LogP) is 6.81. The van der Waals surface area contributed by atoms with Crippen molar-refractivity contribution in [2.45, 2.75) is 54.9 Å². The van der Waals surface area contributed by atoms with Crippen LogP contribution in [0.3, 0.4) is 0 Å². The number of benzene rings is 3. The van der Waals surface area contributed by atoms with Gasteiger partial charge in [0.15, 0.2) is 0 Å². The van der Waals surface area contributed by atoms with Gasteiger partial charge in [0, 0.05) is 0 Å². The van der Waals surface area contributed by atoms with Crippen molar-refractivity contribution in [2.75, 3.05) is 21.2 Å². The third-order valence-corrected chi connectivity index (χ3v) is 4.60. The van der Waals surface area contributed by atoms with E-state index in [0.29, 0.717) is 0 Å². The molecule has 0 fully saturated rings. The van der Waals surface area contributed by atoms with Crippen molar-refractivity contribution in [1.82, 2.24) is 0 Å². The molecule has 0 aliphatic heterocycles. The molecular formula is C33H52N2O. The van der Waals surface area contributed by atoms with Gasteiger partial charge in [-0.05, 0) is 79.7 Å². The highest BCUT2D eigenvalue weighted by Crippen LogP contribution is 2.12. The Balaban J connectivity index is -0.000000613. The Morgan fingerprint density at radius 2 is 1.44 bits per heavy atom. The molecule has 0 amide bonds. The minimum Gasteiger partial charge on any atom is -0.504 e. The van der Waals surface area contributed by atoms with E-state index in [9.17, 15) is 0 Å². The van der Waals surface area contributed by atoms with E-state index in [1.807, 2.05) is 52.8 Å². The number of hydrogen-bond acceptors (Lipinski definition) is 3. The van der Waals surface area contributed by atoms with Crippen molar-refractivity contribution >= 4 is 23.4 Å². The predicted molar refractivity (Wildman–Crippen MR) is 167 cm³/mol. The minimum absolute atomic E-state index is 0.947. The van der Waals surface area contributed by atoms with Gasteiger partial charge < -0.3 is 16.2 Å². The van der Waals surface area contributed by atoms with E-state index in [-0.39, 0.29) is 0 Å². The molecule has 3 heteroatoms. The van der Waals surface area contributed by atoms with Gasteiger partial charge in [0.1, 0.15) is 0 Å². The van der Waals surface area contributed by atoms with E-state index in [1.54, 1.807) is 13.4 Å². The molecule has 3 rings (SSSR count). The van der Waals surface area contributed by atoms with Crippen LogP contribution in [0.5, 0.6) is 0 Å². The molecule has 3 aromatic carbocycles. The molecule has 200 valence electrons. The maximum absolute atomic E-state index is 4.61. The molecule has 0 heterocycles. The van der Waals surface area contributed by atoms with Crippen LogP contribution in [-0.4, -0.2) is 21.2 Å². The number of aryl methyl sites for hydroxylation is 2. The monoisotopic (exact) mass is 492 g/mol. The van der Waals surface area contributed by atoms with Crippen LogP contribution in [0.25, 0.3) is 23.4 Å². The number of methoxy groups -OCH3 is 1. The standard InChI is InChI=1S/C21H20.C6H10O.2C2H6.2CH5N/c1-15-8-10-18(17(3)14-15)12-13-20-16(2)9-11-19-6-4-5-7-21(19)20;1-3-4-5-6-7-2;4*1-2/h4-11,13-14H,2,12H2,1,3H3;3-6H,1-2H3;2*1-2H3;2*2H2,1H3/b20-13+;4-3-,6-5+;;;;. The first kappa shape index (κ1) is 37.4. The summed E-state index contributed by atoms with van der Waals surface area (Å²) in [6.07, 6.45) is 10.6. The van der Waals surface area contributed by atoms with Crippen LogP contribution in [0.4, 0.5) is 0 Å². The number of ether oxygens (including phenoxy) is 1. The van der Waals surface area contributed by atoms with E-state index in [1.165, 1.54) is 46.8 Å². The lowest BCUT2D eigenvalue weighted by atomic mass is 10.0. The van der Waals surface area contributed by atoms with Crippen LogP contribution in [-0.2, 0) is 11.2 Å². The summed E-state index contributed by atoms with van der Waals surface area (Å²) in [5.74, 6) is 0. The summed E-state index contributed by atoms with van der Waals surface area (Å²) >= 11 is 0. The van der Waals surface area contributed by atoms with Gasteiger partial charge in [-0.25, -0.2) is 0 Å². The summed E-state index contributed by atoms with van der Waals surface area (Å²) in [5.41, 5.74) is 13.1. The van der Waals surface area contributed by atoms with Gasteiger partial charge in [0.05, 0.1) is 13.4 Å². The highest BCUT2D eigenvalue weighted by atomic mass is 16.5. The molecule has 0 atom stereocenters. The first-order chi connectivity index (χ1) is 17.6. The lowest BCUT2D eigenvalue weighted by Gasteiger charge is -2.05. The number of allylic oxidation sites excluding steroid dienone is 3. The fraction of sp³-hybridized carbons (Fsp3) is 0.333. The molecule has 0 unspecified atom stereocenters. The topological polar surface area (TPSA) is 61.3 Å². The number of nitrogens with two attached hydrogens (primary N) is 2. The zero-order chi connectivity index (χ0) is 28.4. The third-order valence-electron chi connectivity index (χ3n) is 4.60. The van der Waals surface area contributed by atoms with Gasteiger partial charge in [-0.1, -0.05) is 113 Å². The van der Waals surface area contributed by atoms with Gasteiger partial charge in [-0.3, -0.25) is 0 Å². The first-order valence-corrected chi connectivity index (χ1v) is 12.8. The Bertz CT molecular complexity index is 1080. The molecule has 0 radical (unpaired) electrons. The molecule has 3 nitrogen and oxygen atoms in total. The summed E-state index contributed by atoms with van der Waals surface area (Å²) in [4.78, 5) is 0. The largest absolute Gasteiger partial charge is 0.504 e. The molecule has 0 saturated heterocycles. The maximum atomic E-state index is 4.61. The molecular weight excluding hydrogens is 440 g/mol. The molecule has 0 aliphatic rings. The second-order valence-electron chi connectivity index (χ2n) is 6.79. The number of hydrogen-bond donors (Lipinski definition) is 2. The normalized spacial score (nSPS) is 9.83. The highest BCUT2D eigenvalue weighted by Gasteiger charge is 1.98. The fourth-order valence-corrected chi connectivity index (χ4v) is 3.10. The molecule has 0 spiro atoms. The SMILES string of the molecule is C/C=C\C=C\OC.C=c1ccc2ccccc2/c1=C/Cc1ccc(C)cc1C.CC.CC.CN.CN. The second kappa shape index (κ2) is 26.5. The van der Waals surface area contributed by atoms with Crippen molar-refractivity contribution < 1.29 is 4.74 Å². The Labute approximate surface area is 221 Å². The maximum Gasteiger partial charge on any atom is 0.0824 e. The van der Waals surface area contributed by atoms with Crippen molar-refractivity contribution in [3.63, 3.8) is 0 Å². The summed E-state index contributed by atoms with van der Waals surface area (Å²) in [5, 5.41) is 4.91. The van der Waals surface area contributed by atoms with Crippen LogP contribution in [0.15, 0.2) is 79.1 Å². The van der Waals surface area contributed by atoms with Crippen LogP contribution < -0.4 is 21.9 Å². The summed E-state index contributed by atoms with van der Waals surface area (Å²) in [7, 11) is 4.62. The Morgan fingerprint density at radius 3 is 2.00 bits per heavy atom. The van der Waals surface area contributed by atoms with Crippen LogP contribution in [0.1, 0.15) is 51.3 Å². The summed E-state index contributed by atoms with van der Waals surface area (Å²) in [6.45, 7) is 18.5. The molecule has 0 bridgehead atoms. The van der Waals surface area contributed by atoms with Gasteiger partial charge in [0.25, 0.3) is 0 Å². The Hall–Kier alpha value is -3.14. The van der Waals surface area contributed by atoms with Gasteiger partial charge in [-0.2, -0.15) is 0 Å². The quantitative estimate of drug-likeness (QED) is 0.310. The van der Waals surface area contributed by atoms with E-state index in [2.05, 4.69) is 97.3 Å². The van der Waals surface area contributed by atoms with E-state index >= 15 is 0 Å². The van der Waals surface area contributed by atoms with E-state index < -0.39 is 0 Å². The van der Waals surface area contributed by atoms with Gasteiger partial charge >= 0.3 is 0 Å². The number of rotatable bonds is 4. The third kappa shape index (κ3) is 15.0. The first-order valence-electron chi connectivity index (χ1n) is 12.8. The minimum atomic E-state index is 0.947. The Kier molecular flexibility index (Phi) is 27.5. The van der Waals surface area contributed by atoms with Crippen LogP contribution in [0.2, 0.25) is 0 Å². The van der Waals surface area contributed by atoms with Crippen molar-refractivity contribution in [3.05, 3.63) is 106 Å². The highest BCUT2D eigenvalue weighted by molar-refractivity contribution is 5.83. The van der Waals surface area contributed by atoms with Gasteiger partial charge in [0.2, 0.25) is 0 Å². The van der Waals surface area contributed by atoms with E-state index in [4.69, 9.17) is 0 Å². The second-order valence-corrected chi connectivity index (χ2v) is 6.79. The van der Waals surface area contributed by atoms with Crippen molar-refractivity contribution in [3.8, 4) is 0 Å². The lowest BCUT2D eigenvalue weighted by Crippen LogP contribution is -2.23. The summed E-state index contributed by atoms with van der Waals surface area (Å²) in [6, 6.07) is 19.4. The van der Waals surface area contributed by atoms with Crippen LogP contribution >= 0.6 is 0 Å². The molecule has 4 N–H and O–H groups in total. The average molecular weight is 493 g/mol. The zero-order valence-corrected chi connectivity index (χ0v) is 24.6. The van der Waals surface area contributed by atoms with Crippen molar-refractivity contribution in [1.29, 1.82) is 0 Å². The summed E-state index contributed by atoms with van der Waals surface area (Å²) < 4.78 is 4.61. The van der Waals surface area contributed by atoms with Gasteiger partial charge in [-0.15, -0.1) is 0 Å². The molecule has 3 aromatic rings. The molecule has 0 aromatic heterocycles.